The van der Waals surface area contributed by atoms with E-state index in [-0.39, 0.29) is 11.9 Å². The lowest BCUT2D eigenvalue weighted by atomic mass is 10.1. The molecule has 10 nitrogen and oxygen atoms in total. The van der Waals surface area contributed by atoms with Gasteiger partial charge in [-0.3, -0.25) is 9.59 Å². The molecule has 10 heteroatoms. The lowest BCUT2D eigenvalue weighted by Crippen LogP contribution is -2.60. The van der Waals surface area contributed by atoms with Crippen molar-refractivity contribution < 1.29 is 47.0 Å². The second-order valence-electron chi connectivity index (χ2n) is 19.2. The summed E-state index contributed by atoms with van der Waals surface area (Å²) in [5.41, 5.74) is 0. The van der Waals surface area contributed by atoms with Gasteiger partial charge in [-0.2, -0.15) is 0 Å². The van der Waals surface area contributed by atoms with Gasteiger partial charge in [0.25, 0.3) is 0 Å². The second kappa shape index (κ2) is 45.0. The molecule has 0 saturated heterocycles. The Morgan fingerprint density at radius 3 is 0.906 bits per heavy atom. The molecule has 0 radical (unpaired) electrons. The highest BCUT2D eigenvalue weighted by atomic mass is 16.6. The van der Waals surface area contributed by atoms with Gasteiger partial charge in [0.05, 0.1) is 40.5 Å². The number of likely N-dealkylation sites (N-methyl/N-ethyl adjacent to an activating group) is 2. The summed E-state index contributed by atoms with van der Waals surface area (Å²) < 4.78 is 36.2. The van der Waals surface area contributed by atoms with Crippen LogP contribution in [0.25, 0.3) is 0 Å². The molecular formula is C54H106N2O8+2. The van der Waals surface area contributed by atoms with Gasteiger partial charge in [-0.05, 0) is 64.2 Å². The monoisotopic (exact) mass is 911 g/mol. The number of unbranched alkanes of at least 4 members (excludes halogenated alkanes) is 22. The van der Waals surface area contributed by atoms with Gasteiger partial charge < -0.3 is 37.4 Å². The van der Waals surface area contributed by atoms with Crippen molar-refractivity contribution in [3.05, 3.63) is 24.3 Å². The molecule has 0 amide bonds. The number of carbonyl (C=O) groups is 2. The first kappa shape index (κ1) is 62.2. The van der Waals surface area contributed by atoms with E-state index in [1.165, 1.54) is 116 Å². The van der Waals surface area contributed by atoms with Crippen molar-refractivity contribution in [2.75, 3.05) is 108 Å². The standard InChI is InChI=1S/C54H106N2O8/c1-9-11-13-15-17-19-21-23-25-27-29-31-33-35-37-39-53(57)63-51(49-55(3,41-45-59-5)42-46-60-6)52(50-56(4,43-47-61-7)44-48-62-8)64-54(58)40-38-36-34-32-30-28-26-24-22-20-18-16-14-12-10-2/h23-26,51-52H,9-22,27-50H2,1-8H3/q+2/b25-23-,26-24-. The second-order valence-corrected chi connectivity index (χ2v) is 19.2. The van der Waals surface area contributed by atoms with Gasteiger partial charge >= 0.3 is 11.9 Å². The Bertz CT molecular complexity index is 1000. The fourth-order valence-corrected chi connectivity index (χ4v) is 8.30. The number of methoxy groups -OCH3 is 4. The smallest absolute Gasteiger partial charge is 0.306 e. The van der Waals surface area contributed by atoms with Crippen molar-refractivity contribution in [2.45, 2.75) is 206 Å². The Hall–Kier alpha value is -1.82. The zero-order chi connectivity index (χ0) is 47.3. The predicted octanol–water partition coefficient (Wildman–Crippen LogP) is 12.4. The average molecular weight is 911 g/mol. The van der Waals surface area contributed by atoms with Gasteiger partial charge in [-0.15, -0.1) is 0 Å². The maximum Gasteiger partial charge on any atom is 0.306 e. The van der Waals surface area contributed by atoms with E-state index in [4.69, 9.17) is 28.4 Å². The molecule has 0 aromatic carbocycles. The summed E-state index contributed by atoms with van der Waals surface area (Å²) >= 11 is 0. The number of hydrogen-bond donors (Lipinski definition) is 0. The van der Waals surface area contributed by atoms with Crippen LogP contribution in [0, 0.1) is 0 Å². The van der Waals surface area contributed by atoms with Gasteiger partial charge in [-0.1, -0.05) is 141 Å². The molecular weight excluding hydrogens is 805 g/mol. The van der Waals surface area contributed by atoms with Gasteiger partial charge in [0.15, 0.2) is 12.2 Å². The number of carbonyl (C=O) groups excluding carboxylic acids is 2. The first-order valence-electron chi connectivity index (χ1n) is 26.4. The Morgan fingerprint density at radius 2 is 0.641 bits per heavy atom. The van der Waals surface area contributed by atoms with Crippen LogP contribution in [0.4, 0.5) is 0 Å². The largest absolute Gasteiger partial charge is 0.452 e. The minimum Gasteiger partial charge on any atom is -0.452 e. The third kappa shape index (κ3) is 38.3. The van der Waals surface area contributed by atoms with Crippen molar-refractivity contribution in [1.82, 2.24) is 0 Å². The molecule has 0 aliphatic rings. The van der Waals surface area contributed by atoms with Crippen molar-refractivity contribution >= 4 is 11.9 Å². The molecule has 0 N–H and O–H groups in total. The molecule has 0 bridgehead atoms. The molecule has 0 aliphatic heterocycles. The number of nitrogens with zero attached hydrogens (tertiary/aromatic N) is 2. The molecule has 2 atom stereocenters. The van der Waals surface area contributed by atoms with Crippen LogP contribution in [0.5, 0.6) is 0 Å². The van der Waals surface area contributed by atoms with Crippen LogP contribution in [0.1, 0.15) is 194 Å². The number of ether oxygens (including phenoxy) is 6. The maximum atomic E-state index is 13.8. The Balaban J connectivity index is 5.60. The van der Waals surface area contributed by atoms with Crippen molar-refractivity contribution in [3.8, 4) is 0 Å². The van der Waals surface area contributed by atoms with Gasteiger partial charge in [0, 0.05) is 41.3 Å². The van der Waals surface area contributed by atoms with E-state index >= 15 is 0 Å². The fraction of sp³-hybridized carbons (Fsp3) is 0.889. The number of esters is 2. The molecule has 378 valence electrons. The molecule has 0 aromatic heterocycles. The molecule has 0 fully saturated rings. The molecule has 2 unspecified atom stereocenters. The average Bonchev–Trinajstić information content (AvgIpc) is 3.28. The normalized spacial score (nSPS) is 13.3. The first-order valence-corrected chi connectivity index (χ1v) is 26.4. The van der Waals surface area contributed by atoms with Crippen LogP contribution < -0.4 is 0 Å². The van der Waals surface area contributed by atoms with E-state index < -0.39 is 12.2 Å². The Kier molecular flexibility index (Phi) is 43.7. The molecule has 0 aliphatic carbocycles. The summed E-state index contributed by atoms with van der Waals surface area (Å²) in [6.45, 7) is 10.5. The zero-order valence-corrected chi connectivity index (χ0v) is 43.5. The van der Waals surface area contributed by atoms with E-state index in [1.807, 2.05) is 0 Å². The molecule has 0 heterocycles. The topological polar surface area (TPSA) is 89.5 Å². The van der Waals surface area contributed by atoms with Crippen molar-refractivity contribution in [3.63, 3.8) is 0 Å². The van der Waals surface area contributed by atoms with E-state index in [9.17, 15) is 9.59 Å². The van der Waals surface area contributed by atoms with Crippen LogP contribution in [-0.4, -0.2) is 141 Å². The van der Waals surface area contributed by atoms with Crippen LogP contribution >= 0.6 is 0 Å². The van der Waals surface area contributed by atoms with E-state index in [1.54, 1.807) is 28.4 Å². The van der Waals surface area contributed by atoms with Crippen LogP contribution in [0.2, 0.25) is 0 Å². The van der Waals surface area contributed by atoms with Crippen molar-refractivity contribution in [2.24, 2.45) is 0 Å². The third-order valence-electron chi connectivity index (χ3n) is 12.8. The molecule has 0 aromatic rings. The third-order valence-corrected chi connectivity index (χ3v) is 12.8. The van der Waals surface area contributed by atoms with Crippen LogP contribution in [0.15, 0.2) is 24.3 Å². The highest BCUT2D eigenvalue weighted by Gasteiger charge is 2.41. The van der Waals surface area contributed by atoms with Crippen LogP contribution in [0.3, 0.4) is 0 Å². The van der Waals surface area contributed by atoms with Gasteiger partial charge in [0.1, 0.15) is 39.3 Å². The summed E-state index contributed by atoms with van der Waals surface area (Å²) in [5.74, 6) is -0.456. The lowest BCUT2D eigenvalue weighted by Gasteiger charge is -2.41. The van der Waals surface area contributed by atoms with Crippen molar-refractivity contribution in [1.29, 1.82) is 0 Å². The SMILES string of the molecule is CCCCCCCC/C=C\CCCCCCCC(=O)OC(C[N+](C)(CCOC)CCOC)C(C[N+](C)(CCOC)CCOC)OC(=O)CCCCCCC/C=C\CCCCCCCC. The number of quaternary nitrogens is 2. The predicted molar refractivity (Wildman–Crippen MR) is 268 cm³/mol. The Morgan fingerprint density at radius 1 is 0.391 bits per heavy atom. The minimum atomic E-state index is -0.644. The van der Waals surface area contributed by atoms with Gasteiger partial charge in [-0.25, -0.2) is 0 Å². The van der Waals surface area contributed by atoms with E-state index in [2.05, 4.69) is 52.2 Å². The summed E-state index contributed by atoms with van der Waals surface area (Å²) in [5, 5.41) is 0. The molecule has 0 saturated carbocycles. The highest BCUT2D eigenvalue weighted by Crippen LogP contribution is 2.21. The molecule has 64 heavy (non-hydrogen) atoms. The number of allylic oxidation sites excluding steroid dienone is 4. The fourth-order valence-electron chi connectivity index (χ4n) is 8.30. The summed E-state index contributed by atoms with van der Waals surface area (Å²) in [4.78, 5) is 27.5. The quantitative estimate of drug-likeness (QED) is 0.0258. The summed E-state index contributed by atoms with van der Waals surface area (Å²) in [6.07, 6.45) is 40.1. The zero-order valence-electron chi connectivity index (χ0n) is 43.5. The maximum absolute atomic E-state index is 13.8. The van der Waals surface area contributed by atoms with Gasteiger partial charge in [0.2, 0.25) is 0 Å². The molecule has 0 spiro atoms. The minimum absolute atomic E-state index is 0.228. The Labute approximate surface area is 396 Å². The lowest BCUT2D eigenvalue weighted by molar-refractivity contribution is -0.920. The highest BCUT2D eigenvalue weighted by molar-refractivity contribution is 5.70. The molecule has 0 rings (SSSR count). The van der Waals surface area contributed by atoms with Crippen LogP contribution in [-0.2, 0) is 38.0 Å². The van der Waals surface area contributed by atoms with E-state index in [0.29, 0.717) is 87.5 Å². The number of rotatable bonds is 49. The summed E-state index contributed by atoms with van der Waals surface area (Å²) in [6, 6.07) is 0. The number of hydrogen-bond acceptors (Lipinski definition) is 8. The van der Waals surface area contributed by atoms with E-state index in [0.717, 1.165) is 51.4 Å². The first-order chi connectivity index (χ1) is 31.1. The summed E-state index contributed by atoms with van der Waals surface area (Å²) in [7, 11) is 11.1.